The van der Waals surface area contributed by atoms with Crippen molar-refractivity contribution in [2.24, 2.45) is 0 Å². The number of ether oxygens (including phenoxy) is 2. The van der Waals surface area contributed by atoms with Gasteiger partial charge in [-0.2, -0.15) is 0 Å². The summed E-state index contributed by atoms with van der Waals surface area (Å²) in [4.78, 5) is 27.8. The van der Waals surface area contributed by atoms with Gasteiger partial charge in [0.2, 0.25) is 11.8 Å². The minimum atomic E-state index is -4.31. The van der Waals surface area contributed by atoms with Crippen LogP contribution in [0.1, 0.15) is 23.6 Å². The molecule has 0 spiro atoms. The first-order chi connectivity index (χ1) is 19.3. The van der Waals surface area contributed by atoms with Crippen LogP contribution >= 0.6 is 23.2 Å². The van der Waals surface area contributed by atoms with Crippen molar-refractivity contribution < 1.29 is 27.5 Å². The molecule has 3 aromatic rings. The van der Waals surface area contributed by atoms with Gasteiger partial charge in [-0.15, -0.1) is 0 Å². The van der Waals surface area contributed by atoms with Crippen molar-refractivity contribution in [2.75, 3.05) is 32.1 Å². The summed E-state index contributed by atoms with van der Waals surface area (Å²) >= 11 is 12.4. The zero-order valence-corrected chi connectivity index (χ0v) is 26.0. The molecule has 0 aliphatic rings. The van der Waals surface area contributed by atoms with E-state index in [0.29, 0.717) is 27.0 Å². The highest BCUT2D eigenvalue weighted by molar-refractivity contribution is 7.92. The molecule has 0 heterocycles. The Labute approximate surface area is 251 Å². The minimum Gasteiger partial charge on any atom is -0.493 e. The number of sulfonamides is 1. The van der Waals surface area contributed by atoms with E-state index in [-0.39, 0.29) is 17.2 Å². The molecule has 9 nitrogen and oxygen atoms in total. The number of amides is 2. The quantitative estimate of drug-likeness (QED) is 0.323. The van der Waals surface area contributed by atoms with Gasteiger partial charge in [0.05, 0.1) is 24.8 Å². The minimum absolute atomic E-state index is 0.0550. The molecular formula is C29H33Cl2N3O6S. The number of anilines is 1. The Morgan fingerprint density at radius 3 is 2.12 bits per heavy atom. The number of benzene rings is 3. The Hall–Kier alpha value is -3.47. The summed E-state index contributed by atoms with van der Waals surface area (Å²) in [6, 6.07) is 13.3. The van der Waals surface area contributed by atoms with Gasteiger partial charge in [-0.1, -0.05) is 35.3 Å². The van der Waals surface area contributed by atoms with Crippen LogP contribution < -0.4 is 19.1 Å². The summed E-state index contributed by atoms with van der Waals surface area (Å²) in [5, 5.41) is 3.27. The average molecular weight is 623 g/mol. The SMILES string of the molecule is CNC(=O)C(C)N(Cc1ccc(Cl)cc1Cl)C(=O)CN(c1cc(C)cc(C)c1)S(=O)(=O)c1ccc(OC)c(OC)c1. The number of hydrogen-bond donors (Lipinski definition) is 1. The summed E-state index contributed by atoms with van der Waals surface area (Å²) in [5.41, 5.74) is 2.45. The number of hydrogen-bond acceptors (Lipinski definition) is 6. The van der Waals surface area contributed by atoms with Crippen molar-refractivity contribution >= 4 is 50.7 Å². The van der Waals surface area contributed by atoms with E-state index in [0.717, 1.165) is 15.4 Å². The van der Waals surface area contributed by atoms with E-state index in [1.807, 2.05) is 19.9 Å². The van der Waals surface area contributed by atoms with Crippen molar-refractivity contribution in [3.05, 3.63) is 81.3 Å². The van der Waals surface area contributed by atoms with E-state index in [4.69, 9.17) is 32.7 Å². The highest BCUT2D eigenvalue weighted by atomic mass is 35.5. The molecule has 1 unspecified atom stereocenters. The molecule has 3 aromatic carbocycles. The summed E-state index contributed by atoms with van der Waals surface area (Å²) in [6.07, 6.45) is 0. The van der Waals surface area contributed by atoms with Crippen LogP contribution in [0.3, 0.4) is 0 Å². The van der Waals surface area contributed by atoms with E-state index < -0.39 is 34.4 Å². The first-order valence-corrected chi connectivity index (χ1v) is 14.8. The summed E-state index contributed by atoms with van der Waals surface area (Å²) in [5.74, 6) is -0.474. The maximum absolute atomic E-state index is 14.1. The normalized spacial score (nSPS) is 11.9. The van der Waals surface area contributed by atoms with Crippen LogP contribution in [0.5, 0.6) is 11.5 Å². The molecule has 0 aromatic heterocycles. The van der Waals surface area contributed by atoms with Crippen LogP contribution in [0.4, 0.5) is 5.69 Å². The largest absolute Gasteiger partial charge is 0.493 e. The molecule has 12 heteroatoms. The van der Waals surface area contributed by atoms with Crippen molar-refractivity contribution in [1.82, 2.24) is 10.2 Å². The summed E-state index contributed by atoms with van der Waals surface area (Å²) in [6.45, 7) is 4.58. The van der Waals surface area contributed by atoms with Crippen LogP contribution in [-0.4, -0.2) is 59.0 Å². The van der Waals surface area contributed by atoms with Gasteiger partial charge in [0.15, 0.2) is 11.5 Å². The fourth-order valence-electron chi connectivity index (χ4n) is 4.35. The third kappa shape index (κ3) is 7.44. The number of carbonyl (C=O) groups is 2. The molecule has 0 fully saturated rings. The number of halogens is 2. The van der Waals surface area contributed by atoms with Gasteiger partial charge in [-0.3, -0.25) is 13.9 Å². The van der Waals surface area contributed by atoms with Gasteiger partial charge in [0.1, 0.15) is 12.6 Å². The molecule has 0 aliphatic heterocycles. The molecule has 1 N–H and O–H groups in total. The predicted octanol–water partition coefficient (Wildman–Crippen LogP) is 4.99. The third-order valence-electron chi connectivity index (χ3n) is 6.49. The Bertz CT molecular complexity index is 1530. The third-order valence-corrected chi connectivity index (χ3v) is 8.84. The molecule has 0 bridgehead atoms. The topological polar surface area (TPSA) is 105 Å². The molecule has 220 valence electrons. The maximum Gasteiger partial charge on any atom is 0.264 e. The highest BCUT2D eigenvalue weighted by Crippen LogP contribution is 2.33. The first-order valence-electron chi connectivity index (χ1n) is 12.6. The lowest BCUT2D eigenvalue weighted by molar-refractivity contribution is -0.139. The predicted molar refractivity (Wildman–Crippen MR) is 161 cm³/mol. The molecule has 0 saturated heterocycles. The van der Waals surface area contributed by atoms with Crippen LogP contribution in [0.25, 0.3) is 0 Å². The lowest BCUT2D eigenvalue weighted by Gasteiger charge is -2.32. The van der Waals surface area contributed by atoms with Gasteiger partial charge >= 0.3 is 0 Å². The molecule has 1 atom stereocenters. The van der Waals surface area contributed by atoms with Crippen molar-refractivity contribution in [2.45, 2.75) is 38.3 Å². The Kier molecular flexibility index (Phi) is 10.5. The number of nitrogens with zero attached hydrogens (tertiary/aromatic N) is 2. The number of aryl methyl sites for hydroxylation is 2. The van der Waals surface area contributed by atoms with Crippen molar-refractivity contribution in [1.29, 1.82) is 0 Å². The maximum atomic E-state index is 14.1. The van der Waals surface area contributed by atoms with Gasteiger partial charge in [0, 0.05) is 29.7 Å². The first kappa shape index (κ1) is 32.0. The number of carbonyl (C=O) groups excluding carboxylic acids is 2. The smallest absolute Gasteiger partial charge is 0.264 e. The summed E-state index contributed by atoms with van der Waals surface area (Å²) < 4.78 is 39.9. The molecule has 0 radical (unpaired) electrons. The van der Waals surface area contributed by atoms with Crippen LogP contribution in [0.15, 0.2) is 59.5 Å². The lowest BCUT2D eigenvalue weighted by Crippen LogP contribution is -2.50. The van der Waals surface area contributed by atoms with Gasteiger partial charge < -0.3 is 19.7 Å². The molecular weight excluding hydrogens is 589 g/mol. The number of rotatable bonds is 11. The fraction of sp³-hybridized carbons (Fsp3) is 0.310. The van der Waals surface area contributed by atoms with E-state index in [1.165, 1.54) is 50.4 Å². The second kappa shape index (κ2) is 13.5. The van der Waals surface area contributed by atoms with Gasteiger partial charge in [0.25, 0.3) is 10.0 Å². The van der Waals surface area contributed by atoms with Gasteiger partial charge in [-0.25, -0.2) is 8.42 Å². The Morgan fingerprint density at radius 2 is 1.56 bits per heavy atom. The zero-order chi connectivity index (χ0) is 30.5. The molecule has 41 heavy (non-hydrogen) atoms. The van der Waals surface area contributed by atoms with Crippen LogP contribution in [-0.2, 0) is 26.2 Å². The molecule has 0 saturated carbocycles. The Morgan fingerprint density at radius 1 is 0.927 bits per heavy atom. The average Bonchev–Trinajstić information content (AvgIpc) is 2.93. The zero-order valence-electron chi connectivity index (χ0n) is 23.7. The number of methoxy groups -OCH3 is 2. The van der Waals surface area contributed by atoms with Crippen molar-refractivity contribution in [3.8, 4) is 11.5 Å². The van der Waals surface area contributed by atoms with E-state index in [2.05, 4.69) is 5.32 Å². The van der Waals surface area contributed by atoms with E-state index in [1.54, 1.807) is 31.2 Å². The van der Waals surface area contributed by atoms with Gasteiger partial charge in [-0.05, 0) is 73.9 Å². The van der Waals surface area contributed by atoms with Crippen molar-refractivity contribution in [3.63, 3.8) is 0 Å². The number of likely N-dealkylation sites (N-methyl/N-ethyl adjacent to an activating group) is 1. The molecule has 2 amide bonds. The lowest BCUT2D eigenvalue weighted by atomic mass is 10.1. The van der Waals surface area contributed by atoms with E-state index in [9.17, 15) is 18.0 Å². The number of nitrogens with one attached hydrogen (secondary N) is 1. The second-order valence-corrected chi connectivity index (χ2v) is 12.1. The fourth-order valence-corrected chi connectivity index (χ4v) is 6.23. The van der Waals surface area contributed by atoms with Crippen LogP contribution in [0.2, 0.25) is 10.0 Å². The highest BCUT2D eigenvalue weighted by Gasteiger charge is 2.33. The standard InChI is InChI=1S/C29H33Cl2N3O6S/c1-18-11-19(2)13-23(12-18)34(41(37,38)24-9-10-26(39-5)27(15-24)40-6)17-28(35)33(20(3)29(36)32-4)16-21-7-8-22(30)14-25(21)31/h7-15,20H,16-17H2,1-6H3,(H,32,36). The second-order valence-electron chi connectivity index (χ2n) is 9.42. The van der Waals surface area contributed by atoms with E-state index >= 15 is 0 Å². The Balaban J connectivity index is 2.13. The molecule has 3 rings (SSSR count). The van der Waals surface area contributed by atoms with Crippen LogP contribution in [0, 0.1) is 13.8 Å². The summed E-state index contributed by atoms with van der Waals surface area (Å²) in [7, 11) is 0.000985. The monoisotopic (exact) mass is 621 g/mol. The molecule has 0 aliphatic carbocycles.